The minimum atomic E-state index is -5.81. The second kappa shape index (κ2) is 8.96. The first kappa shape index (κ1) is 24.2. The molecule has 0 unspecified atom stereocenters. The number of rotatable bonds is 5. The second-order valence-electron chi connectivity index (χ2n) is 6.56. The lowest BCUT2D eigenvalue weighted by atomic mass is 9.97. The zero-order valence-electron chi connectivity index (χ0n) is 15.1. The van der Waals surface area contributed by atoms with E-state index in [2.05, 4.69) is 9.46 Å². The van der Waals surface area contributed by atoms with Crippen LogP contribution in [0.15, 0.2) is 29.2 Å². The molecule has 1 amide bonds. The number of piperidine rings is 1. The third-order valence-electron chi connectivity index (χ3n) is 4.37. The van der Waals surface area contributed by atoms with Gasteiger partial charge in [0, 0.05) is 19.6 Å². The summed E-state index contributed by atoms with van der Waals surface area (Å²) in [4.78, 5) is 11.8. The van der Waals surface area contributed by atoms with Crippen molar-refractivity contribution in [2.45, 2.75) is 36.2 Å². The number of benzene rings is 1. The molecule has 0 saturated carbocycles. The van der Waals surface area contributed by atoms with Gasteiger partial charge in [-0.25, -0.2) is 22.3 Å². The molecule has 30 heavy (non-hydrogen) atoms. The minimum absolute atomic E-state index is 0.0948. The molecule has 1 N–H and O–H groups in total. The lowest BCUT2D eigenvalue weighted by molar-refractivity contribution is -0.308. The Labute approximate surface area is 167 Å². The molecule has 0 radical (unpaired) electrons. The maximum atomic E-state index is 13.6. The highest BCUT2D eigenvalue weighted by Crippen LogP contribution is 2.36. The molecular formula is C16H17F7N2O4S. The Bertz CT molecular complexity index is 836. The summed E-state index contributed by atoms with van der Waals surface area (Å²) in [6, 6.07) is 4.67. The van der Waals surface area contributed by atoms with E-state index >= 15 is 0 Å². The van der Waals surface area contributed by atoms with Crippen LogP contribution in [0.2, 0.25) is 0 Å². The summed E-state index contributed by atoms with van der Waals surface area (Å²) in [6.45, 7) is -0.603. The van der Waals surface area contributed by atoms with Gasteiger partial charge in [-0.3, -0.25) is 0 Å². The zero-order valence-corrected chi connectivity index (χ0v) is 16.0. The summed E-state index contributed by atoms with van der Waals surface area (Å²) < 4.78 is 119. The Hall–Kier alpha value is -2.09. The summed E-state index contributed by atoms with van der Waals surface area (Å²) in [6.07, 6.45) is -17.4. The van der Waals surface area contributed by atoms with Gasteiger partial charge in [-0.2, -0.15) is 26.3 Å². The molecule has 1 fully saturated rings. The van der Waals surface area contributed by atoms with Gasteiger partial charge in [0.05, 0.1) is 0 Å². The molecule has 0 spiro atoms. The molecule has 1 aromatic rings. The van der Waals surface area contributed by atoms with E-state index in [4.69, 9.17) is 0 Å². The molecule has 6 nitrogen and oxygen atoms in total. The van der Waals surface area contributed by atoms with E-state index in [0.29, 0.717) is 4.90 Å². The average molecular weight is 466 g/mol. The van der Waals surface area contributed by atoms with E-state index in [1.165, 1.54) is 12.1 Å². The Morgan fingerprint density at radius 2 is 1.63 bits per heavy atom. The summed E-state index contributed by atoms with van der Waals surface area (Å²) in [5.74, 6) is -1.32. The van der Waals surface area contributed by atoms with Crippen molar-refractivity contribution in [1.29, 1.82) is 0 Å². The summed E-state index contributed by atoms with van der Waals surface area (Å²) >= 11 is 0. The SMILES string of the molecule is O=C(OC(C(F)(F)F)C(F)(F)F)N1CCC(CNS(=O)(=O)c2ccccc2F)CC1. The van der Waals surface area contributed by atoms with Crippen molar-refractivity contribution >= 4 is 16.1 Å². The number of carbonyl (C=O) groups excluding carboxylic acids is 1. The molecule has 1 aromatic carbocycles. The number of halogens is 7. The van der Waals surface area contributed by atoms with Gasteiger partial charge in [-0.15, -0.1) is 0 Å². The summed E-state index contributed by atoms with van der Waals surface area (Å²) in [7, 11) is -4.15. The third-order valence-corrected chi connectivity index (χ3v) is 5.83. The van der Waals surface area contributed by atoms with Crippen molar-refractivity contribution in [1.82, 2.24) is 9.62 Å². The van der Waals surface area contributed by atoms with Gasteiger partial charge >= 0.3 is 18.4 Å². The molecule has 170 valence electrons. The molecule has 2 rings (SSSR count). The normalized spacial score (nSPS) is 16.7. The second-order valence-corrected chi connectivity index (χ2v) is 8.30. The fraction of sp³-hybridized carbons (Fsp3) is 0.562. The lowest BCUT2D eigenvalue weighted by Crippen LogP contribution is -2.49. The van der Waals surface area contributed by atoms with Crippen molar-refractivity contribution in [2.24, 2.45) is 5.92 Å². The Kier molecular flexibility index (Phi) is 7.22. The van der Waals surface area contributed by atoms with Crippen molar-refractivity contribution in [2.75, 3.05) is 19.6 Å². The van der Waals surface area contributed by atoms with Crippen molar-refractivity contribution in [3.63, 3.8) is 0 Å². The van der Waals surface area contributed by atoms with Gasteiger partial charge in [0.15, 0.2) is 0 Å². The van der Waals surface area contributed by atoms with Gasteiger partial charge in [0.2, 0.25) is 10.0 Å². The number of hydrogen-bond donors (Lipinski definition) is 1. The van der Waals surface area contributed by atoms with Crippen LogP contribution in [-0.2, 0) is 14.8 Å². The fourth-order valence-electron chi connectivity index (χ4n) is 2.78. The van der Waals surface area contributed by atoms with Gasteiger partial charge in [-0.05, 0) is 30.9 Å². The number of alkyl halides is 6. The first-order valence-corrected chi connectivity index (χ1v) is 10.0. The highest BCUT2D eigenvalue weighted by atomic mass is 32.2. The molecule has 1 saturated heterocycles. The monoisotopic (exact) mass is 466 g/mol. The van der Waals surface area contributed by atoms with E-state index in [1.807, 2.05) is 0 Å². The summed E-state index contributed by atoms with van der Waals surface area (Å²) in [5.41, 5.74) is 0. The minimum Gasteiger partial charge on any atom is -0.426 e. The van der Waals surface area contributed by atoms with Gasteiger partial charge in [0.1, 0.15) is 10.7 Å². The number of hydrogen-bond acceptors (Lipinski definition) is 4. The predicted octanol–water partition coefficient (Wildman–Crippen LogP) is 3.45. The molecule has 1 heterocycles. The molecule has 0 aromatic heterocycles. The fourth-order valence-corrected chi connectivity index (χ4v) is 3.98. The topological polar surface area (TPSA) is 75.7 Å². The van der Waals surface area contributed by atoms with E-state index in [-0.39, 0.29) is 38.4 Å². The quantitative estimate of drug-likeness (QED) is 0.675. The molecule has 0 atom stereocenters. The number of likely N-dealkylation sites (tertiary alicyclic amines) is 1. The van der Waals surface area contributed by atoms with Crippen LogP contribution in [0.5, 0.6) is 0 Å². The smallest absolute Gasteiger partial charge is 0.426 e. The Morgan fingerprint density at radius 3 is 2.13 bits per heavy atom. The van der Waals surface area contributed by atoms with Crippen LogP contribution in [-0.4, -0.2) is 57.5 Å². The van der Waals surface area contributed by atoms with Crippen LogP contribution in [0, 0.1) is 11.7 Å². The number of carbonyl (C=O) groups is 1. The molecule has 0 bridgehead atoms. The van der Waals surface area contributed by atoms with E-state index in [1.54, 1.807) is 0 Å². The van der Waals surface area contributed by atoms with Crippen LogP contribution >= 0.6 is 0 Å². The van der Waals surface area contributed by atoms with Gasteiger partial charge in [0.25, 0.3) is 6.10 Å². The maximum absolute atomic E-state index is 13.6. The van der Waals surface area contributed by atoms with Crippen LogP contribution in [0.25, 0.3) is 0 Å². The van der Waals surface area contributed by atoms with Gasteiger partial charge in [-0.1, -0.05) is 12.1 Å². The highest BCUT2D eigenvalue weighted by molar-refractivity contribution is 7.89. The van der Waals surface area contributed by atoms with E-state index < -0.39 is 45.3 Å². The Morgan fingerprint density at radius 1 is 1.10 bits per heavy atom. The molecule has 1 aliphatic rings. The lowest BCUT2D eigenvalue weighted by Gasteiger charge is -2.33. The van der Waals surface area contributed by atoms with Crippen LogP contribution < -0.4 is 4.72 Å². The first-order chi connectivity index (χ1) is 13.7. The van der Waals surface area contributed by atoms with Crippen LogP contribution in [0.3, 0.4) is 0 Å². The van der Waals surface area contributed by atoms with E-state index in [9.17, 15) is 43.9 Å². The molecule has 1 aliphatic heterocycles. The van der Waals surface area contributed by atoms with Gasteiger partial charge < -0.3 is 9.64 Å². The number of sulfonamides is 1. The zero-order chi connectivity index (χ0) is 22.7. The third kappa shape index (κ3) is 6.20. The predicted molar refractivity (Wildman–Crippen MR) is 88.3 cm³/mol. The number of nitrogens with zero attached hydrogens (tertiary/aromatic N) is 1. The summed E-state index contributed by atoms with van der Waals surface area (Å²) in [5, 5.41) is 0. The maximum Gasteiger partial charge on any atom is 0.434 e. The van der Waals surface area contributed by atoms with Crippen molar-refractivity contribution < 1.29 is 48.7 Å². The number of nitrogens with one attached hydrogen (secondary N) is 1. The standard InChI is InChI=1S/C16H17F7N2O4S/c17-11-3-1-2-4-12(11)30(27,28)24-9-10-5-7-25(8-6-10)14(26)29-13(15(18,19)20)16(21,22)23/h1-4,10,13,24H,5-9H2. The van der Waals surface area contributed by atoms with Crippen LogP contribution in [0.1, 0.15) is 12.8 Å². The largest absolute Gasteiger partial charge is 0.434 e. The van der Waals surface area contributed by atoms with Crippen molar-refractivity contribution in [3.05, 3.63) is 30.1 Å². The Balaban J connectivity index is 1.89. The number of ether oxygens (including phenoxy) is 1. The number of amides is 1. The molecule has 0 aliphatic carbocycles. The van der Waals surface area contributed by atoms with Crippen molar-refractivity contribution in [3.8, 4) is 0 Å². The highest BCUT2D eigenvalue weighted by Gasteiger charge is 2.60. The molecular weight excluding hydrogens is 449 g/mol. The van der Waals surface area contributed by atoms with Crippen LogP contribution in [0.4, 0.5) is 35.5 Å². The molecule has 14 heteroatoms. The first-order valence-electron chi connectivity index (χ1n) is 8.55. The van der Waals surface area contributed by atoms with E-state index in [0.717, 1.165) is 12.1 Å². The average Bonchev–Trinajstić information content (AvgIpc) is 2.63.